The van der Waals surface area contributed by atoms with Crippen LogP contribution >= 0.6 is 0 Å². The molecule has 0 saturated carbocycles. The second-order valence-electron chi connectivity index (χ2n) is 8.46. The fraction of sp³-hybridized carbons (Fsp3) is 0.333. The summed E-state index contributed by atoms with van der Waals surface area (Å²) in [5, 5.41) is 12.7. The number of pyridine rings is 1. The number of amidine groups is 1. The van der Waals surface area contributed by atoms with Crippen LogP contribution in [0.4, 0.5) is 5.82 Å². The first-order valence-electron chi connectivity index (χ1n) is 11.0. The molecule has 0 fully saturated rings. The van der Waals surface area contributed by atoms with E-state index in [9.17, 15) is 4.79 Å². The van der Waals surface area contributed by atoms with Crippen LogP contribution in [0.5, 0.6) is 5.75 Å². The predicted molar refractivity (Wildman–Crippen MR) is 133 cm³/mol. The average molecular weight is 465 g/mol. The molecule has 180 valence electrons. The quantitative estimate of drug-likeness (QED) is 0.211. The number of hydrogen-bond acceptors (Lipinski definition) is 7. The lowest BCUT2D eigenvalue weighted by Gasteiger charge is -2.23. The molecule has 34 heavy (non-hydrogen) atoms. The van der Waals surface area contributed by atoms with Crippen LogP contribution in [-0.4, -0.2) is 44.7 Å². The molecule has 0 unspecified atom stereocenters. The lowest BCUT2D eigenvalue weighted by Crippen LogP contribution is -2.44. The van der Waals surface area contributed by atoms with Crippen molar-refractivity contribution in [2.75, 3.05) is 12.4 Å². The minimum atomic E-state index is -0.370. The van der Waals surface area contributed by atoms with Crippen molar-refractivity contribution in [2.24, 2.45) is 16.8 Å². The van der Waals surface area contributed by atoms with E-state index in [2.05, 4.69) is 34.3 Å². The molecule has 0 spiro atoms. The summed E-state index contributed by atoms with van der Waals surface area (Å²) in [6.07, 6.45) is 1.92. The van der Waals surface area contributed by atoms with Gasteiger partial charge in [0.1, 0.15) is 17.3 Å². The fourth-order valence-electron chi connectivity index (χ4n) is 3.40. The third kappa shape index (κ3) is 5.18. The van der Waals surface area contributed by atoms with Crippen molar-refractivity contribution >= 4 is 17.6 Å². The highest BCUT2D eigenvalue weighted by molar-refractivity contribution is 6.07. The number of methoxy groups -OCH3 is 1. The van der Waals surface area contributed by atoms with Gasteiger partial charge in [-0.15, -0.1) is 0 Å². The molecule has 0 aliphatic rings. The van der Waals surface area contributed by atoms with Crippen molar-refractivity contribution in [1.82, 2.24) is 19.8 Å². The Morgan fingerprint density at radius 2 is 1.94 bits per heavy atom. The van der Waals surface area contributed by atoms with Gasteiger partial charge in [0.25, 0.3) is 5.91 Å². The molecule has 2 aromatic heterocycles. The van der Waals surface area contributed by atoms with Gasteiger partial charge in [-0.3, -0.25) is 14.5 Å². The van der Waals surface area contributed by atoms with Crippen LogP contribution in [0.15, 0.2) is 47.7 Å². The predicted octanol–water partition coefficient (Wildman–Crippen LogP) is 3.30. The van der Waals surface area contributed by atoms with Crippen LogP contribution in [0.2, 0.25) is 0 Å². The van der Waals surface area contributed by atoms with Crippen molar-refractivity contribution in [2.45, 2.75) is 46.7 Å². The number of nitrogens with zero attached hydrogens (tertiary/aromatic N) is 5. The first-order valence-corrected chi connectivity index (χ1v) is 11.0. The van der Waals surface area contributed by atoms with Crippen LogP contribution in [0, 0.1) is 6.92 Å². The largest absolute Gasteiger partial charge is 0.496 e. The second-order valence-corrected chi connectivity index (χ2v) is 8.46. The molecule has 0 atom stereocenters. The molecule has 0 bridgehead atoms. The number of rotatable bonds is 7. The normalized spacial score (nSPS) is 11.7. The first kappa shape index (κ1) is 24.7. The molecule has 0 aliphatic carbocycles. The molecular formula is C24H32N8O2. The zero-order valence-electron chi connectivity index (χ0n) is 20.4. The Morgan fingerprint density at radius 3 is 2.53 bits per heavy atom. The number of benzene rings is 1. The minimum absolute atomic E-state index is 0.0447. The highest BCUT2D eigenvalue weighted by atomic mass is 16.5. The SMILES string of the molecule is COc1cc(C)c(-c2ccn(C(C)C)n2)cc1C(=O)Nc1cccc(/C(=N/N)N(N)C(C)C)n1. The zero-order chi connectivity index (χ0) is 25.0. The van der Waals surface area contributed by atoms with Gasteiger partial charge in [0.15, 0.2) is 5.84 Å². The molecule has 10 heteroatoms. The first-order chi connectivity index (χ1) is 16.2. The highest BCUT2D eigenvalue weighted by Gasteiger charge is 2.19. The third-order valence-electron chi connectivity index (χ3n) is 5.35. The van der Waals surface area contributed by atoms with Gasteiger partial charge in [0.2, 0.25) is 0 Å². The summed E-state index contributed by atoms with van der Waals surface area (Å²) in [6.45, 7) is 9.89. The summed E-state index contributed by atoms with van der Waals surface area (Å²) in [6, 6.07) is 10.9. The minimum Gasteiger partial charge on any atom is -0.496 e. The average Bonchev–Trinajstić information content (AvgIpc) is 3.29. The smallest absolute Gasteiger partial charge is 0.260 e. The number of carbonyl (C=O) groups excluding carboxylic acids is 1. The van der Waals surface area contributed by atoms with Gasteiger partial charge in [-0.1, -0.05) is 6.07 Å². The number of aromatic nitrogens is 3. The summed E-state index contributed by atoms with van der Waals surface area (Å²) in [7, 11) is 1.53. The molecule has 5 N–H and O–H groups in total. The van der Waals surface area contributed by atoms with E-state index in [0.29, 0.717) is 28.7 Å². The Kier molecular flexibility index (Phi) is 7.52. The third-order valence-corrected chi connectivity index (χ3v) is 5.35. The Bertz CT molecular complexity index is 1200. The maximum absolute atomic E-state index is 13.2. The molecule has 0 radical (unpaired) electrons. The highest BCUT2D eigenvalue weighted by Crippen LogP contribution is 2.30. The number of carbonyl (C=O) groups is 1. The van der Waals surface area contributed by atoms with Gasteiger partial charge in [-0.25, -0.2) is 10.8 Å². The number of nitrogens with one attached hydrogen (secondary N) is 1. The van der Waals surface area contributed by atoms with E-state index in [1.165, 1.54) is 12.1 Å². The number of hydrazone groups is 1. The summed E-state index contributed by atoms with van der Waals surface area (Å²) in [4.78, 5) is 17.7. The number of hydrazine groups is 1. The monoisotopic (exact) mass is 464 g/mol. The maximum atomic E-state index is 13.2. The molecule has 0 saturated heterocycles. The number of aryl methyl sites for hydroxylation is 1. The fourth-order valence-corrected chi connectivity index (χ4v) is 3.40. The molecule has 1 amide bonds. The molecule has 3 rings (SSSR count). The molecule has 10 nitrogen and oxygen atoms in total. The van der Waals surface area contributed by atoms with E-state index in [0.717, 1.165) is 16.8 Å². The maximum Gasteiger partial charge on any atom is 0.260 e. The van der Waals surface area contributed by atoms with Crippen LogP contribution < -0.4 is 21.7 Å². The van der Waals surface area contributed by atoms with E-state index >= 15 is 0 Å². The van der Waals surface area contributed by atoms with Crippen LogP contribution in [0.25, 0.3) is 11.3 Å². The molecular weight excluding hydrogens is 432 g/mol. The lowest BCUT2D eigenvalue weighted by atomic mass is 10.0. The Hall–Kier alpha value is -3.92. The van der Waals surface area contributed by atoms with Crippen molar-refractivity contribution in [3.8, 4) is 17.0 Å². The van der Waals surface area contributed by atoms with E-state index in [-0.39, 0.29) is 18.0 Å². The summed E-state index contributed by atoms with van der Waals surface area (Å²) in [5.41, 5.74) is 3.38. The van der Waals surface area contributed by atoms with Gasteiger partial charge >= 0.3 is 0 Å². The molecule has 1 aromatic carbocycles. The number of amides is 1. The Labute approximate surface area is 199 Å². The van der Waals surface area contributed by atoms with E-state index in [1.54, 1.807) is 24.3 Å². The topological polar surface area (TPSA) is 137 Å². The Balaban J connectivity index is 1.94. The van der Waals surface area contributed by atoms with Gasteiger partial charge in [0, 0.05) is 23.8 Å². The summed E-state index contributed by atoms with van der Waals surface area (Å²) >= 11 is 0. The number of anilines is 1. The van der Waals surface area contributed by atoms with Crippen LogP contribution in [0.3, 0.4) is 0 Å². The van der Waals surface area contributed by atoms with Crippen molar-refractivity contribution < 1.29 is 9.53 Å². The number of hydrogen-bond donors (Lipinski definition) is 3. The molecule has 2 heterocycles. The van der Waals surface area contributed by atoms with Crippen molar-refractivity contribution in [1.29, 1.82) is 0 Å². The number of ether oxygens (including phenoxy) is 1. The molecule has 0 aliphatic heterocycles. The van der Waals surface area contributed by atoms with Crippen LogP contribution in [0.1, 0.15) is 55.4 Å². The summed E-state index contributed by atoms with van der Waals surface area (Å²) in [5.74, 6) is 12.3. The van der Waals surface area contributed by atoms with Gasteiger partial charge in [-0.05, 0) is 70.5 Å². The van der Waals surface area contributed by atoms with Crippen LogP contribution in [-0.2, 0) is 0 Å². The zero-order valence-corrected chi connectivity index (χ0v) is 20.4. The van der Waals surface area contributed by atoms with Crippen molar-refractivity contribution in [3.05, 3.63) is 59.4 Å². The van der Waals surface area contributed by atoms with E-state index < -0.39 is 0 Å². The Morgan fingerprint density at radius 1 is 1.21 bits per heavy atom. The summed E-state index contributed by atoms with van der Waals surface area (Å²) < 4.78 is 7.37. The van der Waals surface area contributed by atoms with E-state index in [1.807, 2.05) is 43.8 Å². The van der Waals surface area contributed by atoms with Gasteiger partial charge in [-0.2, -0.15) is 10.2 Å². The second kappa shape index (κ2) is 10.3. The number of nitrogens with two attached hydrogens (primary N) is 2. The standard InChI is InChI=1S/C24H32N8O2/c1-14(2)31-11-10-19(30-31)17-13-18(21(34-6)12-16(17)5)24(33)28-22-9-7-8-20(27-22)23(29-25)32(26)15(3)4/h7-15H,25-26H2,1-6H3,(H,27,28,33)/b29-23-. The molecule has 3 aromatic rings. The van der Waals surface area contributed by atoms with E-state index in [4.69, 9.17) is 16.4 Å². The van der Waals surface area contributed by atoms with Gasteiger partial charge < -0.3 is 15.9 Å². The van der Waals surface area contributed by atoms with Gasteiger partial charge in [0.05, 0.1) is 18.4 Å². The lowest BCUT2D eigenvalue weighted by molar-refractivity contribution is 0.102. The van der Waals surface area contributed by atoms with Crippen molar-refractivity contribution in [3.63, 3.8) is 0 Å².